The summed E-state index contributed by atoms with van der Waals surface area (Å²) in [6.07, 6.45) is 2.63. The molecule has 1 aliphatic heterocycles. The molecule has 1 heterocycles. The first-order valence-corrected chi connectivity index (χ1v) is 4.26. The number of halogens is 1. The topological polar surface area (TPSA) is 18.5 Å². The van der Waals surface area contributed by atoms with Crippen molar-refractivity contribution in [2.75, 3.05) is 13.2 Å². The van der Waals surface area contributed by atoms with Gasteiger partial charge in [-0.1, -0.05) is 22.0 Å². The average Bonchev–Trinajstić information content (AvgIpc) is 2.05. The lowest BCUT2D eigenvalue weighted by molar-refractivity contribution is -0.171. The van der Waals surface area contributed by atoms with E-state index in [1.165, 1.54) is 0 Å². The minimum Gasteiger partial charge on any atom is -0.351 e. The fraction of sp³-hybridized carbons (Fsp3) is 0.714. The van der Waals surface area contributed by atoms with Crippen molar-refractivity contribution < 1.29 is 9.47 Å². The SMILES string of the molecule is C=CC(Br)C1OCCCO1. The standard InChI is InChI=1S/C7H11BrO2/c1-2-6(8)7-9-4-3-5-10-7/h2,6-7H,1,3-5H2. The van der Waals surface area contributed by atoms with Gasteiger partial charge in [0.25, 0.3) is 0 Å². The van der Waals surface area contributed by atoms with Gasteiger partial charge in [0.05, 0.1) is 18.0 Å². The number of ether oxygens (including phenoxy) is 2. The van der Waals surface area contributed by atoms with E-state index in [4.69, 9.17) is 9.47 Å². The van der Waals surface area contributed by atoms with Crippen molar-refractivity contribution in [2.45, 2.75) is 17.5 Å². The number of rotatable bonds is 2. The Bertz CT molecular complexity index is 110. The third-order valence-corrected chi connectivity index (χ3v) is 2.14. The largest absolute Gasteiger partial charge is 0.351 e. The molecule has 3 heteroatoms. The van der Waals surface area contributed by atoms with Crippen LogP contribution < -0.4 is 0 Å². The van der Waals surface area contributed by atoms with E-state index < -0.39 is 0 Å². The van der Waals surface area contributed by atoms with Gasteiger partial charge in [-0.3, -0.25) is 0 Å². The second-order valence-electron chi connectivity index (χ2n) is 2.14. The van der Waals surface area contributed by atoms with E-state index in [0.717, 1.165) is 19.6 Å². The zero-order chi connectivity index (χ0) is 7.40. The maximum Gasteiger partial charge on any atom is 0.173 e. The Kier molecular flexibility index (Phi) is 3.39. The van der Waals surface area contributed by atoms with Gasteiger partial charge in [-0.05, 0) is 6.42 Å². The molecular weight excluding hydrogens is 196 g/mol. The van der Waals surface area contributed by atoms with Crippen LogP contribution in [0, 0.1) is 0 Å². The molecule has 58 valence electrons. The van der Waals surface area contributed by atoms with Crippen LogP contribution in [0.4, 0.5) is 0 Å². The molecule has 10 heavy (non-hydrogen) atoms. The molecule has 0 saturated carbocycles. The van der Waals surface area contributed by atoms with Crippen LogP contribution in [0.3, 0.4) is 0 Å². The van der Waals surface area contributed by atoms with Crippen molar-refractivity contribution in [3.05, 3.63) is 12.7 Å². The van der Waals surface area contributed by atoms with Crippen molar-refractivity contribution in [1.29, 1.82) is 0 Å². The highest BCUT2D eigenvalue weighted by atomic mass is 79.9. The molecule has 0 spiro atoms. The molecule has 1 rings (SSSR count). The highest BCUT2D eigenvalue weighted by Crippen LogP contribution is 2.15. The molecule has 0 aromatic heterocycles. The van der Waals surface area contributed by atoms with Gasteiger partial charge in [0.1, 0.15) is 0 Å². The lowest BCUT2D eigenvalue weighted by Crippen LogP contribution is -2.31. The van der Waals surface area contributed by atoms with Gasteiger partial charge in [-0.15, -0.1) is 6.58 Å². The maximum absolute atomic E-state index is 5.29. The van der Waals surface area contributed by atoms with Crippen LogP contribution in [-0.2, 0) is 9.47 Å². The predicted molar refractivity (Wildman–Crippen MR) is 43.2 cm³/mol. The molecule has 1 aliphatic rings. The molecule has 1 unspecified atom stereocenters. The second-order valence-corrected chi connectivity index (χ2v) is 3.20. The predicted octanol–water partition coefficient (Wildman–Crippen LogP) is 1.70. The van der Waals surface area contributed by atoms with E-state index in [-0.39, 0.29) is 11.1 Å². The van der Waals surface area contributed by atoms with Gasteiger partial charge >= 0.3 is 0 Å². The average molecular weight is 207 g/mol. The first-order chi connectivity index (χ1) is 4.84. The molecule has 0 aliphatic carbocycles. The van der Waals surface area contributed by atoms with Crippen molar-refractivity contribution in [2.24, 2.45) is 0 Å². The molecule has 0 aromatic carbocycles. The Balaban J connectivity index is 2.30. The lowest BCUT2D eigenvalue weighted by atomic mass is 10.3. The normalized spacial score (nSPS) is 24.1. The third kappa shape index (κ3) is 2.08. The zero-order valence-electron chi connectivity index (χ0n) is 5.75. The smallest absolute Gasteiger partial charge is 0.173 e. The van der Waals surface area contributed by atoms with Gasteiger partial charge < -0.3 is 9.47 Å². The number of alkyl halides is 1. The highest BCUT2D eigenvalue weighted by molar-refractivity contribution is 9.09. The Hall–Kier alpha value is 0.140. The van der Waals surface area contributed by atoms with Gasteiger partial charge in [0.15, 0.2) is 6.29 Å². The highest BCUT2D eigenvalue weighted by Gasteiger charge is 2.19. The Morgan fingerprint density at radius 1 is 1.50 bits per heavy atom. The third-order valence-electron chi connectivity index (χ3n) is 1.34. The summed E-state index contributed by atoms with van der Waals surface area (Å²) in [5.74, 6) is 0. The van der Waals surface area contributed by atoms with Crippen LogP contribution in [0.5, 0.6) is 0 Å². The van der Waals surface area contributed by atoms with Crippen LogP contribution in [0.2, 0.25) is 0 Å². The van der Waals surface area contributed by atoms with Crippen molar-refractivity contribution in [3.8, 4) is 0 Å². The summed E-state index contributed by atoms with van der Waals surface area (Å²) in [6, 6.07) is 0. The summed E-state index contributed by atoms with van der Waals surface area (Å²) < 4.78 is 10.6. The van der Waals surface area contributed by atoms with Gasteiger partial charge in [0, 0.05) is 0 Å². The van der Waals surface area contributed by atoms with Crippen LogP contribution >= 0.6 is 15.9 Å². The molecule has 2 nitrogen and oxygen atoms in total. The first kappa shape index (κ1) is 8.24. The van der Waals surface area contributed by atoms with Crippen LogP contribution in [-0.4, -0.2) is 24.3 Å². The van der Waals surface area contributed by atoms with Crippen molar-refractivity contribution >= 4 is 15.9 Å². The van der Waals surface area contributed by atoms with Crippen molar-refractivity contribution in [1.82, 2.24) is 0 Å². The van der Waals surface area contributed by atoms with E-state index in [2.05, 4.69) is 22.5 Å². The number of hydrogen-bond acceptors (Lipinski definition) is 2. The van der Waals surface area contributed by atoms with E-state index in [1.54, 1.807) is 6.08 Å². The number of hydrogen-bond donors (Lipinski definition) is 0. The molecule has 0 aromatic rings. The van der Waals surface area contributed by atoms with Crippen LogP contribution in [0.1, 0.15) is 6.42 Å². The summed E-state index contributed by atoms with van der Waals surface area (Å²) in [6.45, 7) is 5.21. The van der Waals surface area contributed by atoms with E-state index in [1.807, 2.05) is 0 Å². The van der Waals surface area contributed by atoms with Gasteiger partial charge in [-0.25, -0.2) is 0 Å². The molecule has 0 radical (unpaired) electrons. The minimum atomic E-state index is -0.133. The first-order valence-electron chi connectivity index (χ1n) is 3.34. The Morgan fingerprint density at radius 2 is 2.10 bits per heavy atom. The second kappa shape index (κ2) is 4.11. The summed E-state index contributed by atoms with van der Waals surface area (Å²) in [5, 5.41) is 0. The molecule has 1 atom stereocenters. The summed E-state index contributed by atoms with van der Waals surface area (Å²) in [5.41, 5.74) is 0. The Labute approximate surface area is 69.3 Å². The minimum absolute atomic E-state index is 0.118. The fourth-order valence-corrected chi connectivity index (χ4v) is 1.11. The maximum atomic E-state index is 5.29. The lowest BCUT2D eigenvalue weighted by Gasteiger charge is -2.25. The summed E-state index contributed by atoms with van der Waals surface area (Å²) in [4.78, 5) is 0.118. The molecule has 0 bridgehead atoms. The zero-order valence-corrected chi connectivity index (χ0v) is 7.34. The van der Waals surface area contributed by atoms with E-state index >= 15 is 0 Å². The molecule has 0 N–H and O–H groups in total. The van der Waals surface area contributed by atoms with Crippen LogP contribution in [0.15, 0.2) is 12.7 Å². The Morgan fingerprint density at radius 3 is 2.60 bits per heavy atom. The summed E-state index contributed by atoms with van der Waals surface area (Å²) in [7, 11) is 0. The van der Waals surface area contributed by atoms with Gasteiger partial charge in [0.2, 0.25) is 0 Å². The fourth-order valence-electron chi connectivity index (χ4n) is 0.801. The van der Waals surface area contributed by atoms with Crippen LogP contribution in [0.25, 0.3) is 0 Å². The monoisotopic (exact) mass is 206 g/mol. The quantitative estimate of drug-likeness (QED) is 0.506. The van der Waals surface area contributed by atoms with Gasteiger partial charge in [-0.2, -0.15) is 0 Å². The van der Waals surface area contributed by atoms with Crippen molar-refractivity contribution in [3.63, 3.8) is 0 Å². The molecule has 0 amide bonds. The van der Waals surface area contributed by atoms with E-state index in [0.29, 0.717) is 0 Å². The summed E-state index contributed by atoms with van der Waals surface area (Å²) >= 11 is 3.37. The molecule has 1 saturated heterocycles. The molecule has 1 fully saturated rings. The molecular formula is C7H11BrO2. The van der Waals surface area contributed by atoms with E-state index in [9.17, 15) is 0 Å².